The largest absolute Gasteiger partial charge is 0.542 e. The van der Waals surface area contributed by atoms with Crippen LogP contribution in [0.4, 0.5) is 74.6 Å². The highest BCUT2D eigenvalue weighted by Crippen LogP contribution is 2.64. The molecule has 0 N–H and O–H groups in total. The molecule has 0 aromatic heterocycles. The molecule has 0 spiro atoms. The van der Waals surface area contributed by atoms with Crippen LogP contribution in [-0.2, 0) is 12.6 Å². The topological polar surface area (TPSA) is 43.4 Å². The average molecular weight is 812 g/mol. The third-order valence-electron chi connectivity index (χ3n) is 5.78. The summed E-state index contributed by atoms with van der Waals surface area (Å²) in [7, 11) is -7.66. The molecule has 23 heteroatoms. The highest BCUT2D eigenvalue weighted by Gasteiger charge is 2.96. The van der Waals surface area contributed by atoms with Gasteiger partial charge in [0.05, 0.1) is 5.02 Å². The Bertz CT molecular complexity index is 1540. The summed E-state index contributed by atoms with van der Waals surface area (Å²) < 4.78 is 256. The van der Waals surface area contributed by atoms with E-state index >= 15 is 0 Å². The van der Waals surface area contributed by atoms with E-state index in [0.717, 1.165) is 6.07 Å². The number of halogens is 19. The van der Waals surface area contributed by atoms with Crippen LogP contribution in [-0.4, -0.2) is 55.4 Å². The molecule has 0 heterocycles. The van der Waals surface area contributed by atoms with Crippen molar-refractivity contribution in [2.24, 2.45) is 0 Å². The van der Waals surface area contributed by atoms with Gasteiger partial charge in [0.25, 0.3) is 3.57 Å². The molecule has 0 unspecified atom stereocenters. The van der Waals surface area contributed by atoms with Crippen molar-refractivity contribution in [2.75, 3.05) is 0 Å². The molecule has 0 amide bonds. The molecule has 1 aliphatic rings. The number of hydrogen-bond donors (Lipinski definition) is 0. The first-order valence-electron chi connectivity index (χ1n) is 10.2. The van der Waals surface area contributed by atoms with Gasteiger partial charge in [0.2, 0.25) is 0 Å². The Hall–Kier alpha value is -1.82. The van der Waals surface area contributed by atoms with Crippen molar-refractivity contribution in [1.82, 2.24) is 0 Å². The third kappa shape index (κ3) is 4.65. The van der Waals surface area contributed by atoms with Crippen molar-refractivity contribution in [1.29, 1.82) is 0 Å². The van der Waals surface area contributed by atoms with Crippen LogP contribution in [0.3, 0.4) is 0 Å². The zero-order chi connectivity index (χ0) is 33.6. The summed E-state index contributed by atoms with van der Waals surface area (Å²) >= 11 is 2.72. The van der Waals surface area contributed by atoms with Crippen LogP contribution in [0.15, 0.2) is 36.4 Å². The summed E-state index contributed by atoms with van der Waals surface area (Å²) in [5.41, 5.74) is 0.982. The molecule has 0 saturated heterocycles. The van der Waals surface area contributed by atoms with Crippen LogP contribution in [0.25, 0.3) is 22.3 Å². The van der Waals surface area contributed by atoms with Crippen molar-refractivity contribution in [2.45, 2.75) is 47.0 Å². The van der Waals surface area contributed by atoms with Crippen molar-refractivity contribution in [3.05, 3.63) is 45.0 Å². The van der Waals surface area contributed by atoms with Crippen LogP contribution in [0.1, 0.15) is 0 Å². The van der Waals surface area contributed by atoms with Gasteiger partial charge in [-0.1, -0.05) is 41.9 Å². The van der Waals surface area contributed by atoms with Gasteiger partial charge in [0.1, 0.15) is 0 Å². The normalized spacial score (nSPS) is 15.6. The lowest BCUT2D eigenvalue weighted by Crippen LogP contribution is -3.62. The predicted octanol–water partition coefficient (Wildman–Crippen LogP) is 5.47. The Labute approximate surface area is 242 Å². The van der Waals surface area contributed by atoms with Gasteiger partial charge in [0, 0.05) is 5.56 Å². The number of benzene rings is 2. The molecule has 0 saturated carbocycles. The van der Waals surface area contributed by atoms with E-state index in [2.05, 4.69) is 2.51 Å². The van der Waals surface area contributed by atoms with E-state index in [1.54, 1.807) is 0 Å². The van der Waals surface area contributed by atoms with Gasteiger partial charge in [-0.15, -0.1) is 0 Å². The molecule has 0 radical (unpaired) electrons. The molecule has 43 heavy (non-hydrogen) atoms. The second kappa shape index (κ2) is 10.1. The molecule has 3 nitrogen and oxygen atoms in total. The molecule has 0 atom stereocenters. The van der Waals surface area contributed by atoms with Gasteiger partial charge in [-0.25, -0.2) is 0 Å². The maximum absolute atomic E-state index is 14.3. The van der Waals surface area contributed by atoms with Gasteiger partial charge in [-0.3, -0.25) is 0 Å². The first-order chi connectivity index (χ1) is 19.0. The number of alkyl halides is 17. The zero-order valence-electron chi connectivity index (χ0n) is 19.3. The van der Waals surface area contributed by atoms with Crippen LogP contribution >= 0.6 is 11.6 Å². The van der Waals surface area contributed by atoms with E-state index in [0.29, 0.717) is 5.56 Å². The van der Waals surface area contributed by atoms with E-state index in [9.17, 15) is 83.1 Å². The maximum Gasteiger partial charge on any atom is 0.542 e. The lowest BCUT2D eigenvalue weighted by molar-refractivity contribution is -0.837. The second-order valence-electron chi connectivity index (χ2n) is 8.38. The third-order valence-corrected chi connectivity index (χ3v) is 11.0. The van der Waals surface area contributed by atoms with Crippen molar-refractivity contribution in [3.63, 3.8) is 0 Å². The fourth-order valence-electron chi connectivity index (χ4n) is 3.41. The van der Waals surface area contributed by atoms with Gasteiger partial charge in [-0.2, -0.15) is 83.1 Å². The van der Waals surface area contributed by atoms with Crippen molar-refractivity contribution < 1.29 is 107 Å². The van der Waals surface area contributed by atoms with Crippen molar-refractivity contribution >= 4 is 21.7 Å². The molecule has 3 rings (SSSR count). The Kier molecular flexibility index (Phi) is 8.37. The first kappa shape index (κ1) is 35.7. The fourth-order valence-corrected chi connectivity index (χ4v) is 7.54. The number of fused-ring (bicyclic) bond motifs is 4. The fraction of sp³-hybridized carbons (Fsp3) is 0.400. The predicted molar refractivity (Wildman–Crippen MR) is 105 cm³/mol. The van der Waals surface area contributed by atoms with Gasteiger partial charge in [-0.05, 0) is 25.3 Å². The SMILES string of the molecule is O=S(=O)(O[I+]c1c(Cl)ccc2c1-c1ccccc1-2)C(F)(F)C(F)(F)C(F)(F)C(F)(F)C(F)(F)C(F)(F)C(F)(F)C(F)(F)F. The highest BCUT2D eigenvalue weighted by molar-refractivity contribution is 7.87. The second-order valence-corrected chi connectivity index (χ2v) is 12.9. The Morgan fingerprint density at radius 2 is 0.977 bits per heavy atom. The minimum absolute atomic E-state index is 0.00879. The zero-order valence-corrected chi connectivity index (χ0v) is 23.0. The molecule has 242 valence electrons. The van der Waals surface area contributed by atoms with Crippen molar-refractivity contribution in [3.8, 4) is 22.3 Å². The Morgan fingerprint density at radius 1 is 0.558 bits per heavy atom. The van der Waals surface area contributed by atoms with Gasteiger partial charge >= 0.3 is 78.7 Å². The highest BCUT2D eigenvalue weighted by atomic mass is 127. The van der Waals surface area contributed by atoms with Gasteiger partial charge in [0.15, 0.2) is 0 Å². The summed E-state index contributed by atoms with van der Waals surface area (Å²) in [4.78, 5) is 0. The quantitative estimate of drug-likeness (QED) is 0.202. The van der Waals surface area contributed by atoms with Gasteiger partial charge < -0.3 is 0 Å². The Morgan fingerprint density at radius 3 is 1.44 bits per heavy atom. The lowest BCUT2D eigenvalue weighted by atomic mass is 9.81. The minimum atomic E-state index is -8.91. The van der Waals surface area contributed by atoms with E-state index in [1.807, 2.05) is 0 Å². The maximum atomic E-state index is 14.3. The molecular formula is C20H6ClF17IO3S+. The lowest BCUT2D eigenvalue weighted by Gasteiger charge is -2.42. The molecule has 1 aliphatic carbocycles. The standard InChI is InChI=1S/C20H6ClF17IO3S/c21-10-6-5-9-7-3-1-2-4-8(7)11(9)12(10)39-42-43(40,41)20(37,38)18(32,33)16(28,29)14(24,25)13(22,23)15(26,27)17(30,31)19(34,35)36/h1-6H/q+1. The summed E-state index contributed by atoms with van der Waals surface area (Å²) in [6, 6.07) is 8.09. The van der Waals surface area contributed by atoms with Crippen LogP contribution in [0.5, 0.6) is 0 Å². The smallest absolute Gasteiger partial charge is 0.192 e. The molecule has 2 aromatic carbocycles. The molecule has 0 aliphatic heterocycles. The van der Waals surface area contributed by atoms with E-state index in [4.69, 9.17) is 11.6 Å². The molecule has 2 aromatic rings. The summed E-state index contributed by atoms with van der Waals surface area (Å²) in [5, 5.41) is -8.22. The van der Waals surface area contributed by atoms with Crippen LogP contribution in [0, 0.1) is 3.57 Å². The first-order valence-corrected chi connectivity index (χ1v) is 13.9. The molecule has 0 bridgehead atoms. The number of hydrogen-bond acceptors (Lipinski definition) is 3. The molecule has 0 fully saturated rings. The minimum Gasteiger partial charge on any atom is -0.192 e. The monoisotopic (exact) mass is 811 g/mol. The molecular weight excluding hydrogens is 806 g/mol. The summed E-state index contributed by atoms with van der Waals surface area (Å²) in [6.07, 6.45) is -7.90. The van der Waals surface area contributed by atoms with Crippen LogP contribution < -0.4 is 21.6 Å². The van der Waals surface area contributed by atoms with E-state index in [1.165, 1.54) is 30.3 Å². The number of rotatable bonds is 10. The van der Waals surface area contributed by atoms with E-state index < -0.39 is 87.3 Å². The van der Waals surface area contributed by atoms with Crippen LogP contribution in [0.2, 0.25) is 5.02 Å². The average Bonchev–Trinajstić information content (AvgIpc) is 2.84. The van der Waals surface area contributed by atoms with E-state index in [-0.39, 0.29) is 16.7 Å². The summed E-state index contributed by atoms with van der Waals surface area (Å²) in [6.45, 7) is 0. The summed E-state index contributed by atoms with van der Waals surface area (Å²) in [5.74, 6) is -52.0. The Balaban J connectivity index is 2.01.